The van der Waals surface area contributed by atoms with E-state index in [1.807, 2.05) is 37.3 Å². The average molecular weight is 280 g/mol. The van der Waals surface area contributed by atoms with Crippen LogP contribution in [-0.2, 0) is 6.42 Å². The molecule has 0 aromatic heterocycles. The first-order chi connectivity index (χ1) is 7.63. The van der Waals surface area contributed by atoms with Crippen molar-refractivity contribution in [2.45, 2.75) is 13.3 Å². The zero-order valence-electron chi connectivity index (χ0n) is 9.15. The summed E-state index contributed by atoms with van der Waals surface area (Å²) in [6, 6.07) is 5.48. The number of allylic oxidation sites excluding steroid dienone is 4. The molecule has 0 saturated heterocycles. The van der Waals surface area contributed by atoms with Gasteiger partial charge in [0.25, 0.3) is 0 Å². The number of rotatable bonds is 4. The van der Waals surface area contributed by atoms with Crippen molar-refractivity contribution in [1.29, 1.82) is 0 Å². The van der Waals surface area contributed by atoms with Crippen LogP contribution in [0, 0.1) is 0 Å². The molecule has 0 heterocycles. The molecule has 0 fully saturated rings. The van der Waals surface area contributed by atoms with Crippen LogP contribution in [0.15, 0.2) is 51.6 Å². The third-order valence-corrected chi connectivity index (χ3v) is 2.72. The van der Waals surface area contributed by atoms with Crippen LogP contribution in [0.25, 0.3) is 0 Å². The van der Waals surface area contributed by atoms with E-state index >= 15 is 0 Å². The Morgan fingerprint density at radius 3 is 2.94 bits per heavy atom. The molecule has 0 bridgehead atoms. The van der Waals surface area contributed by atoms with Gasteiger partial charge in [0.15, 0.2) is 0 Å². The van der Waals surface area contributed by atoms with Gasteiger partial charge < -0.3 is 5.11 Å². The Balaban J connectivity index is 2.61. The third kappa shape index (κ3) is 4.03. The first-order valence-electron chi connectivity index (χ1n) is 4.91. The molecule has 0 spiro atoms. The van der Waals surface area contributed by atoms with Crippen LogP contribution >= 0.6 is 15.9 Å². The molecule has 1 aromatic carbocycles. The number of halogens is 1. The smallest absolute Gasteiger partial charge is 0.129 e. The Kier molecular flexibility index (Phi) is 4.99. The number of hydrogen-bond donors (Lipinski definition) is 1. The molecule has 3 heteroatoms. The van der Waals surface area contributed by atoms with Crippen LogP contribution in [0.5, 0.6) is 5.75 Å². The van der Waals surface area contributed by atoms with E-state index in [1.165, 1.54) is 0 Å². The normalized spacial score (nSPS) is 12.0. The molecule has 0 unspecified atom stereocenters. The highest BCUT2D eigenvalue weighted by atomic mass is 79.9. The predicted molar refractivity (Wildman–Crippen MR) is 72.0 cm³/mol. The molecule has 0 radical (unpaired) electrons. The molecule has 0 aliphatic heterocycles. The summed E-state index contributed by atoms with van der Waals surface area (Å²) in [5.41, 5.74) is 2.03. The van der Waals surface area contributed by atoms with Crippen LogP contribution in [0.2, 0.25) is 0 Å². The van der Waals surface area contributed by atoms with Crippen LogP contribution in [0.3, 0.4) is 0 Å². The van der Waals surface area contributed by atoms with Crippen LogP contribution in [-0.4, -0.2) is 11.8 Å². The fourth-order valence-electron chi connectivity index (χ4n) is 1.14. The molecule has 0 aliphatic carbocycles. The Morgan fingerprint density at radius 2 is 2.31 bits per heavy atom. The first kappa shape index (κ1) is 12.7. The van der Waals surface area contributed by atoms with E-state index in [9.17, 15) is 5.11 Å². The Morgan fingerprint density at radius 1 is 1.56 bits per heavy atom. The van der Waals surface area contributed by atoms with Crippen LogP contribution in [0.1, 0.15) is 12.5 Å². The van der Waals surface area contributed by atoms with Gasteiger partial charge in [-0.05, 0) is 59.8 Å². The topological polar surface area (TPSA) is 32.6 Å². The minimum absolute atomic E-state index is 0.263. The fourth-order valence-corrected chi connectivity index (χ4v) is 1.57. The maximum absolute atomic E-state index is 9.33. The molecule has 0 aliphatic rings. The highest BCUT2D eigenvalue weighted by Crippen LogP contribution is 2.24. The van der Waals surface area contributed by atoms with Gasteiger partial charge in [0.2, 0.25) is 0 Å². The van der Waals surface area contributed by atoms with Gasteiger partial charge in [0.05, 0.1) is 4.47 Å². The Bertz CT molecular complexity index is 436. The lowest BCUT2D eigenvalue weighted by atomic mass is 10.1. The fraction of sp³-hybridized carbons (Fsp3) is 0.154. The Labute approximate surface area is 104 Å². The second-order valence-corrected chi connectivity index (χ2v) is 4.24. The van der Waals surface area contributed by atoms with Crippen molar-refractivity contribution in [3.63, 3.8) is 0 Å². The summed E-state index contributed by atoms with van der Waals surface area (Å²) < 4.78 is 0.720. The number of phenols is 1. The maximum atomic E-state index is 9.33. The van der Waals surface area contributed by atoms with Gasteiger partial charge in [-0.2, -0.15) is 0 Å². The number of benzene rings is 1. The summed E-state index contributed by atoms with van der Waals surface area (Å²) >= 11 is 3.28. The molecular formula is C13H14BrNO. The standard InChI is InChI=1S/C13H14BrNO/c1-10(15-2)5-3-4-6-11-7-8-13(16)12(14)9-11/h3-5,7-9,16H,2,6H2,1H3/b4-3-,10-5-. The number of aliphatic imine (C=N–C) groups is 1. The largest absolute Gasteiger partial charge is 0.507 e. The maximum Gasteiger partial charge on any atom is 0.129 e. The molecular weight excluding hydrogens is 266 g/mol. The number of hydrogen-bond acceptors (Lipinski definition) is 2. The third-order valence-electron chi connectivity index (χ3n) is 2.09. The summed E-state index contributed by atoms with van der Waals surface area (Å²) in [5.74, 6) is 0.263. The molecule has 0 saturated carbocycles. The van der Waals surface area contributed by atoms with Crippen molar-refractivity contribution < 1.29 is 5.11 Å². The van der Waals surface area contributed by atoms with Crippen LogP contribution in [0.4, 0.5) is 0 Å². The van der Waals surface area contributed by atoms with E-state index in [4.69, 9.17) is 0 Å². The average Bonchev–Trinajstić information content (AvgIpc) is 2.28. The monoisotopic (exact) mass is 279 g/mol. The molecule has 2 nitrogen and oxygen atoms in total. The van der Waals surface area contributed by atoms with E-state index in [0.29, 0.717) is 0 Å². The van der Waals surface area contributed by atoms with E-state index < -0.39 is 0 Å². The summed E-state index contributed by atoms with van der Waals surface area (Å²) in [4.78, 5) is 3.78. The number of aromatic hydroxyl groups is 1. The van der Waals surface area contributed by atoms with Gasteiger partial charge in [-0.15, -0.1) is 0 Å². The van der Waals surface area contributed by atoms with E-state index in [1.54, 1.807) is 6.07 Å². The van der Waals surface area contributed by atoms with Crippen molar-refractivity contribution in [3.8, 4) is 5.75 Å². The minimum Gasteiger partial charge on any atom is -0.507 e. The highest BCUT2D eigenvalue weighted by Gasteiger charge is 1.97. The molecule has 1 N–H and O–H groups in total. The second kappa shape index (κ2) is 6.28. The van der Waals surface area contributed by atoms with Gasteiger partial charge in [0, 0.05) is 5.70 Å². The zero-order chi connectivity index (χ0) is 12.0. The van der Waals surface area contributed by atoms with Crippen LogP contribution < -0.4 is 0 Å². The highest BCUT2D eigenvalue weighted by molar-refractivity contribution is 9.10. The zero-order valence-corrected chi connectivity index (χ0v) is 10.7. The minimum atomic E-state index is 0.263. The predicted octanol–water partition coefficient (Wildman–Crippen LogP) is 3.86. The molecule has 1 aromatic rings. The van der Waals surface area contributed by atoms with E-state index in [2.05, 4.69) is 27.6 Å². The molecule has 0 amide bonds. The molecule has 1 rings (SSSR count). The Hall–Kier alpha value is -1.35. The lowest BCUT2D eigenvalue weighted by Gasteiger charge is -1.99. The molecule has 84 valence electrons. The van der Waals surface area contributed by atoms with E-state index in [0.717, 1.165) is 22.2 Å². The van der Waals surface area contributed by atoms with Crippen molar-refractivity contribution in [3.05, 3.63) is 52.2 Å². The van der Waals surface area contributed by atoms with Crippen molar-refractivity contribution >= 4 is 22.6 Å². The first-order valence-corrected chi connectivity index (χ1v) is 5.70. The summed E-state index contributed by atoms with van der Waals surface area (Å²) in [7, 11) is 0. The summed E-state index contributed by atoms with van der Waals surface area (Å²) in [5, 5.41) is 9.33. The SMILES string of the molecule is C=N/C(C)=C\C=C/Cc1ccc(O)c(Br)c1. The van der Waals surface area contributed by atoms with Crippen molar-refractivity contribution in [2.24, 2.45) is 4.99 Å². The van der Waals surface area contributed by atoms with Crippen molar-refractivity contribution in [2.75, 3.05) is 0 Å². The van der Waals surface area contributed by atoms with Gasteiger partial charge in [-0.1, -0.05) is 18.2 Å². The lowest BCUT2D eigenvalue weighted by molar-refractivity contribution is 0.471. The number of nitrogens with zero attached hydrogens (tertiary/aromatic N) is 1. The van der Waals surface area contributed by atoms with Crippen molar-refractivity contribution in [1.82, 2.24) is 0 Å². The quantitative estimate of drug-likeness (QED) is 0.659. The van der Waals surface area contributed by atoms with Gasteiger partial charge in [0.1, 0.15) is 5.75 Å². The summed E-state index contributed by atoms with van der Waals surface area (Å²) in [6.45, 7) is 5.33. The molecule has 16 heavy (non-hydrogen) atoms. The van der Waals surface area contributed by atoms with Gasteiger partial charge in [-0.25, -0.2) is 0 Å². The van der Waals surface area contributed by atoms with Gasteiger partial charge in [-0.3, -0.25) is 4.99 Å². The molecule has 0 atom stereocenters. The summed E-state index contributed by atoms with van der Waals surface area (Å²) in [6.07, 6.45) is 6.71. The van der Waals surface area contributed by atoms with Gasteiger partial charge >= 0.3 is 0 Å². The lowest BCUT2D eigenvalue weighted by Crippen LogP contribution is -1.80. The second-order valence-electron chi connectivity index (χ2n) is 3.38. The number of phenolic OH excluding ortho intramolecular Hbond substituents is 1. The van der Waals surface area contributed by atoms with E-state index in [-0.39, 0.29) is 5.75 Å².